The molecule has 92 valence electrons. The predicted octanol–water partition coefficient (Wildman–Crippen LogP) is 0.447. The number of carbonyl (C=O) groups is 2. The Kier molecular flexibility index (Phi) is 5.74. The average Bonchev–Trinajstić information content (AvgIpc) is 2.29. The van der Waals surface area contributed by atoms with Crippen LogP contribution in [0.15, 0.2) is 30.3 Å². The van der Waals surface area contributed by atoms with Crippen LogP contribution in [0.5, 0.6) is 0 Å². The summed E-state index contributed by atoms with van der Waals surface area (Å²) in [6, 6.07) is 9.39. The number of benzene rings is 1. The third kappa shape index (κ3) is 6.32. The van der Waals surface area contributed by atoms with Crippen molar-refractivity contribution in [3.05, 3.63) is 35.9 Å². The zero-order valence-corrected chi connectivity index (χ0v) is 9.39. The molecule has 0 radical (unpaired) electrons. The minimum absolute atomic E-state index is 0.102. The number of carboxylic acid groups (broad SMARTS) is 1. The zero-order valence-electron chi connectivity index (χ0n) is 9.39. The first-order valence-corrected chi connectivity index (χ1v) is 5.28. The van der Waals surface area contributed by atoms with Crippen molar-refractivity contribution in [3.63, 3.8) is 0 Å². The molecule has 0 aliphatic rings. The van der Waals surface area contributed by atoms with Crippen molar-refractivity contribution < 1.29 is 19.4 Å². The van der Waals surface area contributed by atoms with E-state index in [9.17, 15) is 9.59 Å². The first kappa shape index (κ1) is 13.2. The quantitative estimate of drug-likeness (QED) is 0.675. The normalized spacial score (nSPS) is 9.88. The number of rotatable bonds is 7. The standard InChI is InChI=1S/C12H15NO4/c14-11(8-10-4-2-1-3-5-10)13-6-7-17-9-12(15)16/h1-5H,6-9H2,(H,13,14)(H,15,16). The number of carboxylic acids is 1. The maximum absolute atomic E-state index is 11.4. The summed E-state index contributed by atoms with van der Waals surface area (Å²) in [7, 11) is 0. The van der Waals surface area contributed by atoms with Gasteiger partial charge in [-0.1, -0.05) is 30.3 Å². The first-order valence-electron chi connectivity index (χ1n) is 5.28. The van der Waals surface area contributed by atoms with E-state index in [0.717, 1.165) is 5.56 Å². The van der Waals surface area contributed by atoms with E-state index in [1.165, 1.54) is 0 Å². The molecule has 1 aromatic rings. The van der Waals surface area contributed by atoms with Gasteiger partial charge in [0.1, 0.15) is 6.61 Å². The number of carbonyl (C=O) groups excluding carboxylic acids is 1. The smallest absolute Gasteiger partial charge is 0.329 e. The molecule has 0 fully saturated rings. The van der Waals surface area contributed by atoms with E-state index in [2.05, 4.69) is 5.32 Å². The molecule has 0 heterocycles. The van der Waals surface area contributed by atoms with E-state index in [0.29, 0.717) is 13.0 Å². The van der Waals surface area contributed by atoms with Crippen LogP contribution in [-0.4, -0.2) is 36.7 Å². The molecule has 0 spiro atoms. The SMILES string of the molecule is O=C(O)COCCNC(=O)Cc1ccccc1. The van der Waals surface area contributed by atoms with Crippen molar-refractivity contribution in [2.24, 2.45) is 0 Å². The van der Waals surface area contributed by atoms with E-state index in [4.69, 9.17) is 9.84 Å². The largest absolute Gasteiger partial charge is 0.480 e. The number of amides is 1. The summed E-state index contributed by atoms with van der Waals surface area (Å²) < 4.78 is 4.78. The highest BCUT2D eigenvalue weighted by Crippen LogP contribution is 1.98. The van der Waals surface area contributed by atoms with Crippen LogP contribution < -0.4 is 5.32 Å². The summed E-state index contributed by atoms with van der Waals surface area (Å²) in [5.41, 5.74) is 0.941. The second-order valence-corrected chi connectivity index (χ2v) is 3.46. The van der Waals surface area contributed by atoms with Crippen molar-refractivity contribution in [2.75, 3.05) is 19.8 Å². The van der Waals surface area contributed by atoms with Crippen LogP contribution in [0, 0.1) is 0 Å². The molecule has 5 nitrogen and oxygen atoms in total. The van der Waals surface area contributed by atoms with Crippen molar-refractivity contribution >= 4 is 11.9 Å². The molecule has 0 unspecified atom stereocenters. The number of nitrogens with one attached hydrogen (secondary N) is 1. The van der Waals surface area contributed by atoms with E-state index in [-0.39, 0.29) is 19.1 Å². The van der Waals surface area contributed by atoms with Crippen molar-refractivity contribution in [3.8, 4) is 0 Å². The fourth-order valence-electron chi connectivity index (χ4n) is 1.27. The summed E-state index contributed by atoms with van der Waals surface area (Å²) in [4.78, 5) is 21.6. The van der Waals surface area contributed by atoms with Gasteiger partial charge in [0.25, 0.3) is 0 Å². The molecule has 0 aromatic heterocycles. The first-order chi connectivity index (χ1) is 8.18. The molecule has 0 bridgehead atoms. The Balaban J connectivity index is 2.12. The topological polar surface area (TPSA) is 75.6 Å². The average molecular weight is 237 g/mol. The Morgan fingerprint density at radius 2 is 1.94 bits per heavy atom. The second kappa shape index (κ2) is 7.40. The van der Waals surface area contributed by atoms with Crippen LogP contribution in [0.25, 0.3) is 0 Å². The van der Waals surface area contributed by atoms with Gasteiger partial charge in [-0.3, -0.25) is 4.79 Å². The fraction of sp³-hybridized carbons (Fsp3) is 0.333. The Labute approximate surface area is 99.4 Å². The number of aliphatic carboxylic acids is 1. The monoisotopic (exact) mass is 237 g/mol. The molecular formula is C12H15NO4. The van der Waals surface area contributed by atoms with E-state index >= 15 is 0 Å². The van der Waals surface area contributed by atoms with Crippen LogP contribution in [0.3, 0.4) is 0 Å². The fourth-order valence-corrected chi connectivity index (χ4v) is 1.27. The van der Waals surface area contributed by atoms with Crippen LogP contribution >= 0.6 is 0 Å². The van der Waals surface area contributed by atoms with Crippen LogP contribution in [0.2, 0.25) is 0 Å². The van der Waals surface area contributed by atoms with Gasteiger partial charge >= 0.3 is 5.97 Å². The Bertz CT molecular complexity index is 364. The minimum Gasteiger partial charge on any atom is -0.480 e. The minimum atomic E-state index is -1.01. The molecule has 0 saturated heterocycles. The Morgan fingerprint density at radius 3 is 2.59 bits per heavy atom. The summed E-state index contributed by atoms with van der Waals surface area (Å²) in [5, 5.41) is 11.0. The maximum atomic E-state index is 11.4. The molecule has 5 heteroatoms. The zero-order chi connectivity index (χ0) is 12.5. The predicted molar refractivity (Wildman–Crippen MR) is 61.6 cm³/mol. The van der Waals surface area contributed by atoms with Gasteiger partial charge in [0, 0.05) is 6.54 Å². The number of hydrogen-bond acceptors (Lipinski definition) is 3. The maximum Gasteiger partial charge on any atom is 0.329 e. The highest BCUT2D eigenvalue weighted by molar-refractivity contribution is 5.78. The molecule has 1 aromatic carbocycles. The summed E-state index contributed by atoms with van der Waals surface area (Å²) in [6.07, 6.45) is 0.319. The Hall–Kier alpha value is -1.88. The van der Waals surface area contributed by atoms with E-state index in [1.807, 2.05) is 30.3 Å². The second-order valence-electron chi connectivity index (χ2n) is 3.46. The van der Waals surface area contributed by atoms with Crippen molar-refractivity contribution in [1.29, 1.82) is 0 Å². The summed E-state index contributed by atoms with van der Waals surface area (Å²) >= 11 is 0. The molecule has 0 aliphatic carbocycles. The van der Waals surface area contributed by atoms with Gasteiger partial charge in [-0.05, 0) is 5.56 Å². The van der Waals surface area contributed by atoms with Crippen LogP contribution in [0.4, 0.5) is 0 Å². The number of ether oxygens (including phenoxy) is 1. The van der Waals surface area contributed by atoms with Gasteiger partial charge in [0.2, 0.25) is 5.91 Å². The molecule has 1 rings (SSSR count). The van der Waals surface area contributed by atoms with Gasteiger partial charge in [-0.25, -0.2) is 4.79 Å². The third-order valence-electron chi connectivity index (χ3n) is 2.00. The lowest BCUT2D eigenvalue weighted by Crippen LogP contribution is -2.29. The Morgan fingerprint density at radius 1 is 1.24 bits per heavy atom. The van der Waals surface area contributed by atoms with Crippen LogP contribution in [-0.2, 0) is 20.7 Å². The lowest BCUT2D eigenvalue weighted by Gasteiger charge is -2.05. The molecule has 2 N–H and O–H groups in total. The lowest BCUT2D eigenvalue weighted by atomic mass is 10.1. The van der Waals surface area contributed by atoms with Gasteiger partial charge in [-0.2, -0.15) is 0 Å². The molecule has 17 heavy (non-hydrogen) atoms. The van der Waals surface area contributed by atoms with E-state index < -0.39 is 5.97 Å². The highest BCUT2D eigenvalue weighted by Gasteiger charge is 2.02. The molecule has 1 amide bonds. The van der Waals surface area contributed by atoms with Gasteiger partial charge < -0.3 is 15.2 Å². The molecule has 0 saturated carbocycles. The molecule has 0 aliphatic heterocycles. The van der Waals surface area contributed by atoms with Gasteiger partial charge in [-0.15, -0.1) is 0 Å². The van der Waals surface area contributed by atoms with Gasteiger partial charge in [0.05, 0.1) is 13.0 Å². The summed E-state index contributed by atoms with van der Waals surface area (Å²) in [6.45, 7) is 0.181. The lowest BCUT2D eigenvalue weighted by molar-refractivity contribution is -0.142. The highest BCUT2D eigenvalue weighted by atomic mass is 16.5. The third-order valence-corrected chi connectivity index (χ3v) is 2.00. The molecule has 0 atom stereocenters. The van der Waals surface area contributed by atoms with E-state index in [1.54, 1.807) is 0 Å². The number of hydrogen-bond donors (Lipinski definition) is 2. The van der Waals surface area contributed by atoms with Crippen molar-refractivity contribution in [2.45, 2.75) is 6.42 Å². The van der Waals surface area contributed by atoms with Crippen LogP contribution in [0.1, 0.15) is 5.56 Å². The van der Waals surface area contributed by atoms with Gasteiger partial charge in [0.15, 0.2) is 0 Å². The van der Waals surface area contributed by atoms with Crippen molar-refractivity contribution in [1.82, 2.24) is 5.32 Å². The summed E-state index contributed by atoms with van der Waals surface area (Å²) in [5.74, 6) is -1.12. The molecular weight excluding hydrogens is 222 g/mol.